The van der Waals surface area contributed by atoms with E-state index in [0.29, 0.717) is 13.0 Å². The fourth-order valence-electron chi connectivity index (χ4n) is 4.30. The van der Waals surface area contributed by atoms with Gasteiger partial charge in [0.1, 0.15) is 6.04 Å². The Morgan fingerprint density at radius 2 is 2.00 bits per heavy atom. The number of allylic oxidation sites excluding steroid dienone is 1. The third-order valence-electron chi connectivity index (χ3n) is 5.40. The number of nitrogens with zero attached hydrogens (tertiary/aromatic N) is 1. The monoisotopic (exact) mass is 380 g/mol. The Hall–Kier alpha value is -1.89. The van der Waals surface area contributed by atoms with Crippen LogP contribution in [0, 0.1) is 23.7 Å². The Balaban J connectivity index is 2.41. The van der Waals surface area contributed by atoms with Crippen LogP contribution in [-0.2, 0) is 19.1 Å². The van der Waals surface area contributed by atoms with Crippen LogP contribution in [0.4, 0.5) is 0 Å². The van der Waals surface area contributed by atoms with Gasteiger partial charge in [-0.15, -0.1) is 0 Å². The van der Waals surface area contributed by atoms with E-state index in [9.17, 15) is 19.5 Å². The van der Waals surface area contributed by atoms with Crippen LogP contribution in [0.2, 0.25) is 0 Å². The van der Waals surface area contributed by atoms with Gasteiger partial charge >= 0.3 is 5.97 Å². The van der Waals surface area contributed by atoms with Crippen molar-refractivity contribution in [2.75, 3.05) is 19.8 Å². The number of esters is 1. The van der Waals surface area contributed by atoms with Gasteiger partial charge in [-0.05, 0) is 39.5 Å². The number of carbonyl (C=O) groups is 3. The fourth-order valence-corrected chi connectivity index (χ4v) is 4.30. The SMILES string of the molecule is CCOC(=O)[C@H]1[C@H]2C(=O)N(CCCO)[C@H](C(=O)NC(C)C)[C@H]2C=C[C@H]1CC. The van der Waals surface area contributed by atoms with Gasteiger partial charge in [0.25, 0.3) is 0 Å². The minimum Gasteiger partial charge on any atom is -0.466 e. The number of aliphatic hydroxyl groups excluding tert-OH is 1. The van der Waals surface area contributed by atoms with E-state index < -0.39 is 17.9 Å². The minimum absolute atomic E-state index is 0.0526. The highest BCUT2D eigenvalue weighted by molar-refractivity contribution is 5.96. The zero-order valence-electron chi connectivity index (χ0n) is 16.7. The molecule has 2 aliphatic rings. The Labute approximate surface area is 161 Å². The molecule has 0 radical (unpaired) electrons. The van der Waals surface area contributed by atoms with Crippen molar-refractivity contribution in [3.05, 3.63) is 12.2 Å². The number of rotatable bonds is 8. The lowest BCUT2D eigenvalue weighted by atomic mass is 9.69. The highest BCUT2D eigenvalue weighted by Gasteiger charge is 2.57. The Bertz CT molecular complexity index is 589. The van der Waals surface area contributed by atoms with Gasteiger partial charge in [-0.2, -0.15) is 0 Å². The molecule has 0 aromatic carbocycles. The molecule has 1 saturated heterocycles. The van der Waals surface area contributed by atoms with Crippen LogP contribution in [0.15, 0.2) is 12.2 Å². The Morgan fingerprint density at radius 1 is 1.30 bits per heavy atom. The van der Waals surface area contributed by atoms with E-state index in [0.717, 1.165) is 6.42 Å². The minimum atomic E-state index is -0.664. The first-order chi connectivity index (χ1) is 12.9. The number of hydrogen-bond donors (Lipinski definition) is 2. The molecular weight excluding hydrogens is 348 g/mol. The first kappa shape index (κ1) is 21.4. The van der Waals surface area contributed by atoms with Crippen molar-refractivity contribution in [2.24, 2.45) is 23.7 Å². The number of nitrogens with one attached hydrogen (secondary N) is 1. The third-order valence-corrected chi connectivity index (χ3v) is 5.40. The van der Waals surface area contributed by atoms with Crippen LogP contribution in [0.1, 0.15) is 40.5 Å². The third kappa shape index (κ3) is 4.34. The molecule has 1 aliphatic heterocycles. The van der Waals surface area contributed by atoms with E-state index in [1.54, 1.807) is 6.92 Å². The van der Waals surface area contributed by atoms with E-state index in [1.165, 1.54) is 4.90 Å². The molecule has 27 heavy (non-hydrogen) atoms. The molecule has 0 saturated carbocycles. The number of amides is 2. The van der Waals surface area contributed by atoms with Crippen molar-refractivity contribution in [2.45, 2.75) is 52.6 Å². The van der Waals surface area contributed by atoms with Crippen molar-refractivity contribution < 1.29 is 24.2 Å². The second-order valence-corrected chi connectivity index (χ2v) is 7.55. The topological polar surface area (TPSA) is 95.9 Å². The predicted octanol–water partition coefficient (Wildman–Crippen LogP) is 1.11. The molecule has 0 unspecified atom stereocenters. The van der Waals surface area contributed by atoms with E-state index in [1.807, 2.05) is 32.9 Å². The van der Waals surface area contributed by atoms with Gasteiger partial charge in [0.15, 0.2) is 0 Å². The van der Waals surface area contributed by atoms with Crippen molar-refractivity contribution in [1.82, 2.24) is 10.2 Å². The normalized spacial score (nSPS) is 29.8. The molecular formula is C20H32N2O5. The fraction of sp³-hybridized carbons (Fsp3) is 0.750. The largest absolute Gasteiger partial charge is 0.466 e. The maximum Gasteiger partial charge on any atom is 0.310 e. The van der Waals surface area contributed by atoms with Crippen molar-refractivity contribution >= 4 is 17.8 Å². The van der Waals surface area contributed by atoms with Gasteiger partial charge in [-0.1, -0.05) is 19.1 Å². The lowest BCUT2D eigenvalue weighted by molar-refractivity contribution is -0.155. The number of ether oxygens (including phenoxy) is 1. The van der Waals surface area contributed by atoms with Gasteiger partial charge in [0.2, 0.25) is 11.8 Å². The zero-order valence-corrected chi connectivity index (χ0v) is 16.7. The molecule has 1 heterocycles. The average Bonchev–Trinajstić information content (AvgIpc) is 2.90. The summed E-state index contributed by atoms with van der Waals surface area (Å²) in [6.45, 7) is 7.95. The molecule has 5 atom stereocenters. The molecule has 152 valence electrons. The first-order valence-corrected chi connectivity index (χ1v) is 9.93. The summed E-state index contributed by atoms with van der Waals surface area (Å²) in [7, 11) is 0. The van der Waals surface area contributed by atoms with Gasteiger partial charge in [0, 0.05) is 25.1 Å². The number of carbonyl (C=O) groups excluding carboxylic acids is 3. The maximum atomic E-state index is 13.2. The average molecular weight is 380 g/mol. The summed E-state index contributed by atoms with van der Waals surface area (Å²) in [6.07, 6.45) is 4.99. The smallest absolute Gasteiger partial charge is 0.310 e. The Morgan fingerprint density at radius 3 is 2.56 bits per heavy atom. The highest BCUT2D eigenvalue weighted by atomic mass is 16.5. The zero-order chi connectivity index (χ0) is 20.1. The molecule has 0 aromatic rings. The highest BCUT2D eigenvalue weighted by Crippen LogP contribution is 2.45. The van der Waals surface area contributed by atoms with Crippen molar-refractivity contribution in [3.8, 4) is 0 Å². The van der Waals surface area contributed by atoms with Crippen LogP contribution < -0.4 is 5.32 Å². The van der Waals surface area contributed by atoms with E-state index in [-0.39, 0.29) is 48.9 Å². The predicted molar refractivity (Wildman–Crippen MR) is 101 cm³/mol. The molecule has 2 N–H and O–H groups in total. The van der Waals surface area contributed by atoms with Crippen LogP contribution in [-0.4, -0.2) is 59.6 Å². The van der Waals surface area contributed by atoms with Crippen LogP contribution in [0.3, 0.4) is 0 Å². The molecule has 2 rings (SSSR count). The number of aliphatic hydroxyl groups is 1. The number of hydrogen-bond acceptors (Lipinski definition) is 5. The lowest BCUT2D eigenvalue weighted by Gasteiger charge is -2.33. The number of fused-ring (bicyclic) bond motifs is 1. The van der Waals surface area contributed by atoms with Crippen LogP contribution in [0.5, 0.6) is 0 Å². The number of likely N-dealkylation sites (tertiary alicyclic amines) is 1. The summed E-state index contributed by atoms with van der Waals surface area (Å²) in [6, 6.07) is -0.717. The van der Waals surface area contributed by atoms with Crippen molar-refractivity contribution in [1.29, 1.82) is 0 Å². The molecule has 0 spiro atoms. The van der Waals surface area contributed by atoms with Gasteiger partial charge in [-0.25, -0.2) is 0 Å². The second kappa shape index (κ2) is 9.35. The summed E-state index contributed by atoms with van der Waals surface area (Å²) < 4.78 is 5.26. The van der Waals surface area contributed by atoms with Gasteiger partial charge in [0.05, 0.1) is 18.4 Å². The standard InChI is InChI=1S/C20H32N2O5/c1-5-13-8-9-14-16(15(13)20(26)27-6-2)19(25)22(10-7-11-23)17(14)18(24)21-12(3)4/h8-9,12-17,23H,5-7,10-11H2,1-4H3,(H,21,24)/t13-,14+,15-,16+,17+/m1/s1. The quantitative estimate of drug-likeness (QED) is 0.486. The van der Waals surface area contributed by atoms with E-state index in [2.05, 4.69) is 5.32 Å². The summed E-state index contributed by atoms with van der Waals surface area (Å²) in [5.41, 5.74) is 0. The maximum absolute atomic E-state index is 13.2. The molecule has 0 aromatic heterocycles. The summed E-state index contributed by atoms with van der Waals surface area (Å²) in [5.74, 6) is -2.41. The summed E-state index contributed by atoms with van der Waals surface area (Å²) >= 11 is 0. The summed E-state index contributed by atoms with van der Waals surface area (Å²) in [5, 5.41) is 12.1. The van der Waals surface area contributed by atoms with Gasteiger partial charge in [-0.3, -0.25) is 14.4 Å². The van der Waals surface area contributed by atoms with Crippen molar-refractivity contribution in [3.63, 3.8) is 0 Å². The Kier molecular flexibility index (Phi) is 7.41. The molecule has 2 amide bonds. The van der Waals surface area contributed by atoms with E-state index in [4.69, 9.17) is 4.74 Å². The molecule has 0 bridgehead atoms. The van der Waals surface area contributed by atoms with E-state index >= 15 is 0 Å². The molecule has 1 aliphatic carbocycles. The first-order valence-electron chi connectivity index (χ1n) is 9.93. The van der Waals surface area contributed by atoms with Crippen LogP contribution >= 0.6 is 0 Å². The summed E-state index contributed by atoms with van der Waals surface area (Å²) in [4.78, 5) is 40.3. The molecule has 1 fully saturated rings. The van der Waals surface area contributed by atoms with Gasteiger partial charge < -0.3 is 20.1 Å². The lowest BCUT2D eigenvalue weighted by Crippen LogP contribution is -2.49. The molecule has 7 nitrogen and oxygen atoms in total. The van der Waals surface area contributed by atoms with Crippen LogP contribution in [0.25, 0.3) is 0 Å². The molecule has 7 heteroatoms. The second-order valence-electron chi connectivity index (χ2n) is 7.55.